The van der Waals surface area contributed by atoms with Crippen LogP contribution in [0.5, 0.6) is 0 Å². The Hall–Kier alpha value is -2.36. The summed E-state index contributed by atoms with van der Waals surface area (Å²) in [7, 11) is 0. The molecule has 0 spiro atoms. The van der Waals surface area contributed by atoms with Gasteiger partial charge in [0.15, 0.2) is 0 Å². The second-order valence-corrected chi connectivity index (χ2v) is 6.63. The van der Waals surface area contributed by atoms with Crippen molar-refractivity contribution in [3.05, 3.63) is 71.8 Å². The number of anilines is 2. The minimum absolute atomic E-state index is 0.617. The topological polar surface area (TPSA) is 20.3 Å². The molecular formula is C19H12ClNOS. The van der Waals surface area contributed by atoms with Crippen LogP contribution in [0.15, 0.2) is 66.7 Å². The van der Waals surface area contributed by atoms with Crippen molar-refractivity contribution in [1.29, 1.82) is 0 Å². The van der Waals surface area contributed by atoms with Gasteiger partial charge in [-0.2, -0.15) is 0 Å². The third-order valence-electron chi connectivity index (χ3n) is 3.85. The van der Waals surface area contributed by atoms with E-state index in [1.54, 1.807) is 4.90 Å². The van der Waals surface area contributed by atoms with Gasteiger partial charge in [-0.1, -0.05) is 60.1 Å². The van der Waals surface area contributed by atoms with Crippen molar-refractivity contribution in [2.75, 3.05) is 4.90 Å². The van der Waals surface area contributed by atoms with E-state index in [1.165, 1.54) is 11.3 Å². The molecule has 1 aromatic heterocycles. The standard InChI is InChI=1S/C19H12ClNOS/c20-18-16-7-3-4-8-17(16)23-19(18)21(12-22)15-10-9-13-5-1-2-6-14(13)11-15/h1-12H. The molecule has 0 saturated heterocycles. The molecule has 4 rings (SSSR count). The summed E-state index contributed by atoms with van der Waals surface area (Å²) in [4.78, 5) is 13.4. The van der Waals surface area contributed by atoms with E-state index in [0.29, 0.717) is 5.02 Å². The number of amides is 1. The molecule has 0 bridgehead atoms. The van der Waals surface area contributed by atoms with Gasteiger partial charge in [0, 0.05) is 10.1 Å². The fraction of sp³-hybridized carbons (Fsp3) is 0. The predicted octanol–water partition coefficient (Wildman–Crippen LogP) is 6.00. The molecule has 4 heteroatoms. The van der Waals surface area contributed by atoms with Crippen molar-refractivity contribution in [1.82, 2.24) is 0 Å². The molecule has 0 N–H and O–H groups in total. The number of benzene rings is 3. The maximum absolute atomic E-state index is 11.7. The lowest BCUT2D eigenvalue weighted by Crippen LogP contribution is -2.12. The van der Waals surface area contributed by atoms with Crippen LogP contribution in [0.25, 0.3) is 20.9 Å². The number of rotatable bonds is 3. The normalized spacial score (nSPS) is 11.0. The molecule has 0 aliphatic carbocycles. The molecule has 3 aromatic carbocycles. The summed E-state index contributed by atoms with van der Waals surface area (Å²) in [6, 6.07) is 22.0. The smallest absolute Gasteiger partial charge is 0.219 e. The first kappa shape index (κ1) is 14.2. The largest absolute Gasteiger partial charge is 0.278 e. The Morgan fingerprint density at radius 3 is 2.43 bits per heavy atom. The first-order chi connectivity index (χ1) is 11.3. The molecule has 0 fully saturated rings. The van der Waals surface area contributed by atoms with E-state index in [9.17, 15) is 4.79 Å². The first-order valence-electron chi connectivity index (χ1n) is 7.18. The highest BCUT2D eigenvalue weighted by Crippen LogP contribution is 2.44. The highest BCUT2D eigenvalue weighted by Gasteiger charge is 2.17. The number of hydrogen-bond donors (Lipinski definition) is 0. The zero-order valence-electron chi connectivity index (χ0n) is 12.1. The van der Waals surface area contributed by atoms with Crippen LogP contribution in [0.2, 0.25) is 5.02 Å². The summed E-state index contributed by atoms with van der Waals surface area (Å²) < 4.78 is 1.07. The van der Waals surface area contributed by atoms with Crippen molar-refractivity contribution < 1.29 is 4.79 Å². The Morgan fingerprint density at radius 2 is 1.65 bits per heavy atom. The monoisotopic (exact) mass is 337 g/mol. The Bertz CT molecular complexity index is 1020. The van der Waals surface area contributed by atoms with Crippen molar-refractivity contribution in [2.24, 2.45) is 0 Å². The zero-order chi connectivity index (χ0) is 15.8. The Balaban J connectivity index is 1.88. The lowest BCUT2D eigenvalue weighted by Gasteiger charge is -2.16. The van der Waals surface area contributed by atoms with Gasteiger partial charge in [-0.15, -0.1) is 11.3 Å². The molecule has 112 valence electrons. The van der Waals surface area contributed by atoms with Crippen molar-refractivity contribution in [3.8, 4) is 0 Å². The van der Waals surface area contributed by atoms with E-state index < -0.39 is 0 Å². The van der Waals surface area contributed by atoms with E-state index in [2.05, 4.69) is 6.07 Å². The van der Waals surface area contributed by atoms with Crippen LogP contribution in [0.4, 0.5) is 10.7 Å². The molecule has 2 nitrogen and oxygen atoms in total. The molecule has 0 radical (unpaired) electrons. The molecular weight excluding hydrogens is 326 g/mol. The summed E-state index contributed by atoms with van der Waals surface area (Å²) in [6.07, 6.45) is 0.820. The second-order valence-electron chi connectivity index (χ2n) is 5.22. The van der Waals surface area contributed by atoms with E-state index in [-0.39, 0.29) is 0 Å². The lowest BCUT2D eigenvalue weighted by atomic mass is 10.1. The van der Waals surface area contributed by atoms with Crippen LogP contribution in [-0.2, 0) is 4.79 Å². The highest BCUT2D eigenvalue weighted by atomic mass is 35.5. The lowest BCUT2D eigenvalue weighted by molar-refractivity contribution is -0.106. The molecule has 4 aromatic rings. The minimum atomic E-state index is 0.617. The Morgan fingerprint density at radius 1 is 0.913 bits per heavy atom. The summed E-state index contributed by atoms with van der Waals surface area (Å²) in [5, 5.41) is 4.57. The average molecular weight is 338 g/mol. The predicted molar refractivity (Wildman–Crippen MR) is 99.0 cm³/mol. The minimum Gasteiger partial charge on any atom is -0.278 e. The third-order valence-corrected chi connectivity index (χ3v) is 5.52. The number of carbonyl (C=O) groups is 1. The van der Waals surface area contributed by atoms with Crippen molar-refractivity contribution in [3.63, 3.8) is 0 Å². The number of nitrogens with zero attached hydrogens (tertiary/aromatic N) is 1. The van der Waals surface area contributed by atoms with E-state index in [1.807, 2.05) is 60.7 Å². The molecule has 0 aliphatic heterocycles. The van der Waals surface area contributed by atoms with Gasteiger partial charge in [-0.3, -0.25) is 9.69 Å². The maximum Gasteiger partial charge on any atom is 0.219 e. The van der Waals surface area contributed by atoms with Gasteiger partial charge in [-0.25, -0.2) is 0 Å². The van der Waals surface area contributed by atoms with Crippen LogP contribution in [0.1, 0.15) is 0 Å². The molecule has 1 heterocycles. The van der Waals surface area contributed by atoms with Gasteiger partial charge in [0.25, 0.3) is 0 Å². The Labute approximate surface area is 142 Å². The summed E-state index contributed by atoms with van der Waals surface area (Å²) in [5.41, 5.74) is 0.812. The highest BCUT2D eigenvalue weighted by molar-refractivity contribution is 7.24. The third kappa shape index (κ3) is 2.38. The van der Waals surface area contributed by atoms with Gasteiger partial charge >= 0.3 is 0 Å². The van der Waals surface area contributed by atoms with E-state index in [0.717, 1.165) is 38.0 Å². The van der Waals surface area contributed by atoms with Gasteiger partial charge in [0.2, 0.25) is 6.41 Å². The molecule has 23 heavy (non-hydrogen) atoms. The number of hydrogen-bond acceptors (Lipinski definition) is 2. The number of fused-ring (bicyclic) bond motifs is 2. The zero-order valence-corrected chi connectivity index (χ0v) is 13.6. The van der Waals surface area contributed by atoms with Gasteiger partial charge in [-0.05, 0) is 29.0 Å². The number of carbonyl (C=O) groups excluding carboxylic acids is 1. The summed E-state index contributed by atoms with van der Waals surface area (Å²) >= 11 is 8.03. The molecule has 0 atom stereocenters. The molecule has 0 aliphatic rings. The maximum atomic E-state index is 11.7. The van der Waals surface area contributed by atoms with Crippen molar-refractivity contribution in [2.45, 2.75) is 0 Å². The first-order valence-corrected chi connectivity index (χ1v) is 8.38. The molecule has 0 saturated carbocycles. The number of halogens is 1. The fourth-order valence-corrected chi connectivity index (χ4v) is 4.22. The van der Waals surface area contributed by atoms with Crippen LogP contribution in [0.3, 0.4) is 0 Å². The Kier molecular flexibility index (Phi) is 3.52. The molecule has 1 amide bonds. The van der Waals surface area contributed by atoms with Crippen LogP contribution in [-0.4, -0.2) is 6.41 Å². The van der Waals surface area contributed by atoms with Gasteiger partial charge in [0.05, 0.1) is 10.7 Å². The molecule has 0 unspecified atom stereocenters. The fourth-order valence-electron chi connectivity index (χ4n) is 2.71. The van der Waals surface area contributed by atoms with E-state index >= 15 is 0 Å². The van der Waals surface area contributed by atoms with Crippen molar-refractivity contribution >= 4 is 60.9 Å². The van der Waals surface area contributed by atoms with Gasteiger partial charge < -0.3 is 0 Å². The number of thiophene rings is 1. The van der Waals surface area contributed by atoms with Crippen LogP contribution in [0, 0.1) is 0 Å². The van der Waals surface area contributed by atoms with Gasteiger partial charge in [0.1, 0.15) is 5.00 Å². The summed E-state index contributed by atoms with van der Waals surface area (Å²) in [5.74, 6) is 0. The quantitative estimate of drug-likeness (QED) is 0.420. The SMILES string of the molecule is O=CN(c1ccc2ccccc2c1)c1sc2ccccc2c1Cl. The average Bonchev–Trinajstić information content (AvgIpc) is 2.93. The van der Waals surface area contributed by atoms with Crippen LogP contribution >= 0.6 is 22.9 Å². The van der Waals surface area contributed by atoms with E-state index in [4.69, 9.17) is 11.6 Å². The summed E-state index contributed by atoms with van der Waals surface area (Å²) in [6.45, 7) is 0. The second kappa shape index (κ2) is 5.69. The van der Waals surface area contributed by atoms with Crippen LogP contribution < -0.4 is 4.90 Å².